The van der Waals surface area contributed by atoms with Crippen molar-refractivity contribution in [3.8, 4) is 0 Å². The van der Waals surface area contributed by atoms with Crippen LogP contribution >= 0.6 is 27.5 Å². The van der Waals surface area contributed by atoms with Crippen LogP contribution in [-0.4, -0.2) is 20.2 Å². The molecule has 3 rings (SSSR count). The number of H-pyrrole nitrogens is 1. The van der Waals surface area contributed by atoms with Gasteiger partial charge in [-0.2, -0.15) is 15.1 Å². The first-order chi connectivity index (χ1) is 9.13. The van der Waals surface area contributed by atoms with E-state index >= 15 is 0 Å². The molecular formula is C11H8BrClN6. The van der Waals surface area contributed by atoms with Crippen molar-refractivity contribution in [2.24, 2.45) is 0 Å². The Bertz CT molecular complexity index is 756. The Hall–Kier alpha value is -1.86. The van der Waals surface area contributed by atoms with E-state index < -0.39 is 0 Å². The number of nitrogens with one attached hydrogen (secondary N) is 2. The molecule has 0 unspecified atom stereocenters. The number of anilines is 3. The first kappa shape index (κ1) is 12.2. The van der Waals surface area contributed by atoms with E-state index in [4.69, 9.17) is 17.3 Å². The highest BCUT2D eigenvalue weighted by Gasteiger charge is 2.10. The molecule has 0 atom stereocenters. The van der Waals surface area contributed by atoms with Crippen molar-refractivity contribution >= 4 is 56.0 Å². The summed E-state index contributed by atoms with van der Waals surface area (Å²) in [5, 5.41) is 11.2. The van der Waals surface area contributed by atoms with Crippen LogP contribution in [0, 0.1) is 0 Å². The van der Waals surface area contributed by atoms with Crippen molar-refractivity contribution < 1.29 is 0 Å². The van der Waals surface area contributed by atoms with Gasteiger partial charge >= 0.3 is 0 Å². The summed E-state index contributed by atoms with van der Waals surface area (Å²) < 4.78 is 0.866. The number of halogens is 2. The number of hydrogen-bond acceptors (Lipinski definition) is 5. The molecule has 0 fully saturated rings. The second kappa shape index (κ2) is 4.67. The maximum Gasteiger partial charge on any atom is 0.224 e. The van der Waals surface area contributed by atoms with Gasteiger partial charge in [-0.05, 0) is 34.1 Å². The normalized spacial score (nSPS) is 10.8. The first-order valence-electron chi connectivity index (χ1n) is 5.32. The zero-order valence-corrected chi connectivity index (χ0v) is 11.8. The molecular weight excluding hydrogens is 332 g/mol. The molecule has 4 N–H and O–H groups in total. The first-order valence-corrected chi connectivity index (χ1v) is 6.49. The van der Waals surface area contributed by atoms with Crippen LogP contribution in [0.2, 0.25) is 5.02 Å². The number of benzene rings is 1. The highest BCUT2D eigenvalue weighted by Crippen LogP contribution is 2.30. The second-order valence-electron chi connectivity index (χ2n) is 3.81. The molecule has 0 saturated carbocycles. The van der Waals surface area contributed by atoms with Crippen LogP contribution in [0.5, 0.6) is 0 Å². The zero-order chi connectivity index (χ0) is 13.4. The summed E-state index contributed by atoms with van der Waals surface area (Å²) in [7, 11) is 0. The third-order valence-electron chi connectivity index (χ3n) is 2.51. The van der Waals surface area contributed by atoms with E-state index in [1.54, 1.807) is 18.3 Å². The fourth-order valence-electron chi connectivity index (χ4n) is 1.67. The van der Waals surface area contributed by atoms with Crippen LogP contribution in [0.15, 0.2) is 28.9 Å². The number of nitrogen functional groups attached to an aromatic ring is 1. The number of nitrogens with zero attached hydrogens (tertiary/aromatic N) is 3. The largest absolute Gasteiger partial charge is 0.368 e. The smallest absolute Gasteiger partial charge is 0.224 e. The Morgan fingerprint density at radius 3 is 3.00 bits per heavy atom. The Morgan fingerprint density at radius 1 is 1.32 bits per heavy atom. The van der Waals surface area contributed by atoms with Gasteiger partial charge in [-0.15, -0.1) is 0 Å². The number of aromatic amines is 1. The summed E-state index contributed by atoms with van der Waals surface area (Å²) in [6.07, 6.45) is 1.63. The average Bonchev–Trinajstić information content (AvgIpc) is 2.82. The number of rotatable bonds is 2. The Balaban J connectivity index is 2.10. The summed E-state index contributed by atoms with van der Waals surface area (Å²) in [5.74, 6) is 0.733. The van der Waals surface area contributed by atoms with E-state index in [1.807, 2.05) is 6.07 Å². The highest BCUT2D eigenvalue weighted by atomic mass is 79.9. The van der Waals surface area contributed by atoms with E-state index in [9.17, 15) is 0 Å². The minimum absolute atomic E-state index is 0.164. The molecule has 19 heavy (non-hydrogen) atoms. The molecule has 0 spiro atoms. The molecule has 0 saturated heterocycles. The monoisotopic (exact) mass is 338 g/mol. The Labute approximate surface area is 121 Å². The van der Waals surface area contributed by atoms with Crippen LogP contribution in [-0.2, 0) is 0 Å². The minimum atomic E-state index is 0.164. The van der Waals surface area contributed by atoms with Crippen LogP contribution in [0.1, 0.15) is 0 Å². The van der Waals surface area contributed by atoms with E-state index in [0.717, 1.165) is 15.5 Å². The third-order valence-corrected chi connectivity index (χ3v) is 3.44. The molecule has 0 amide bonds. The van der Waals surface area contributed by atoms with Gasteiger partial charge in [0.2, 0.25) is 5.95 Å². The van der Waals surface area contributed by atoms with Gasteiger partial charge in [0.05, 0.1) is 17.3 Å². The quantitative estimate of drug-likeness (QED) is 0.667. The molecule has 96 valence electrons. The standard InChI is InChI=1S/C11H8BrClN6/c12-7-2-1-5(13)3-8(7)16-9-6-4-15-19-10(6)18-11(14)17-9/h1-4H,(H4,14,15,16,17,18,19). The van der Waals surface area contributed by atoms with Crippen molar-refractivity contribution in [3.63, 3.8) is 0 Å². The number of aromatic nitrogens is 4. The van der Waals surface area contributed by atoms with E-state index in [-0.39, 0.29) is 5.95 Å². The molecule has 2 heterocycles. The summed E-state index contributed by atoms with van der Waals surface area (Å²) in [6.45, 7) is 0. The fourth-order valence-corrected chi connectivity index (χ4v) is 2.19. The summed E-state index contributed by atoms with van der Waals surface area (Å²) in [5.41, 5.74) is 7.02. The molecule has 6 nitrogen and oxygen atoms in total. The van der Waals surface area contributed by atoms with Gasteiger partial charge in [-0.3, -0.25) is 5.10 Å². The lowest BCUT2D eigenvalue weighted by Gasteiger charge is -2.09. The van der Waals surface area contributed by atoms with Gasteiger partial charge in [0.15, 0.2) is 5.65 Å². The van der Waals surface area contributed by atoms with Gasteiger partial charge in [0.25, 0.3) is 0 Å². The number of nitrogens with two attached hydrogens (primary N) is 1. The molecule has 0 bridgehead atoms. The van der Waals surface area contributed by atoms with Gasteiger partial charge in [-0.1, -0.05) is 11.6 Å². The number of fused-ring (bicyclic) bond motifs is 1. The van der Waals surface area contributed by atoms with Crippen LogP contribution in [0.4, 0.5) is 17.5 Å². The van der Waals surface area contributed by atoms with E-state index in [1.165, 1.54) is 0 Å². The summed E-state index contributed by atoms with van der Waals surface area (Å²) in [4.78, 5) is 8.22. The molecule has 0 aliphatic carbocycles. The van der Waals surface area contributed by atoms with Crippen molar-refractivity contribution in [2.75, 3.05) is 11.1 Å². The predicted octanol–water partition coefficient (Wildman–Crippen LogP) is 3.09. The number of hydrogen-bond donors (Lipinski definition) is 3. The predicted molar refractivity (Wildman–Crippen MR) is 78.5 cm³/mol. The van der Waals surface area contributed by atoms with Crippen LogP contribution < -0.4 is 11.1 Å². The van der Waals surface area contributed by atoms with Gasteiger partial charge < -0.3 is 11.1 Å². The van der Waals surface area contributed by atoms with Gasteiger partial charge in [0.1, 0.15) is 5.82 Å². The summed E-state index contributed by atoms with van der Waals surface area (Å²) in [6, 6.07) is 5.43. The second-order valence-corrected chi connectivity index (χ2v) is 5.10. The molecule has 3 aromatic rings. The Morgan fingerprint density at radius 2 is 2.16 bits per heavy atom. The van der Waals surface area contributed by atoms with Gasteiger partial charge in [0, 0.05) is 9.50 Å². The van der Waals surface area contributed by atoms with Crippen molar-refractivity contribution in [1.29, 1.82) is 0 Å². The van der Waals surface area contributed by atoms with E-state index in [0.29, 0.717) is 16.5 Å². The van der Waals surface area contributed by atoms with Crippen molar-refractivity contribution in [3.05, 3.63) is 33.9 Å². The summed E-state index contributed by atoms with van der Waals surface area (Å²) >= 11 is 9.42. The molecule has 8 heteroatoms. The maximum atomic E-state index is 5.97. The molecule has 0 radical (unpaired) electrons. The highest BCUT2D eigenvalue weighted by molar-refractivity contribution is 9.10. The van der Waals surface area contributed by atoms with Crippen molar-refractivity contribution in [1.82, 2.24) is 20.2 Å². The average molecular weight is 340 g/mol. The molecule has 1 aromatic carbocycles. The Kier molecular flexibility index (Phi) is 3.00. The van der Waals surface area contributed by atoms with Crippen LogP contribution in [0.3, 0.4) is 0 Å². The maximum absolute atomic E-state index is 5.97. The molecule has 0 aliphatic rings. The van der Waals surface area contributed by atoms with E-state index in [2.05, 4.69) is 41.4 Å². The van der Waals surface area contributed by atoms with Crippen molar-refractivity contribution in [2.45, 2.75) is 0 Å². The van der Waals surface area contributed by atoms with Gasteiger partial charge in [-0.25, -0.2) is 0 Å². The molecule has 0 aliphatic heterocycles. The zero-order valence-electron chi connectivity index (χ0n) is 9.48. The fraction of sp³-hybridized carbons (Fsp3) is 0. The molecule has 2 aromatic heterocycles. The lowest BCUT2D eigenvalue weighted by Crippen LogP contribution is -2.01. The SMILES string of the molecule is Nc1nc(Nc2cc(Cl)ccc2Br)c2cn[nH]c2n1. The third kappa shape index (κ3) is 2.34. The van der Waals surface area contributed by atoms with Crippen LogP contribution in [0.25, 0.3) is 11.0 Å². The minimum Gasteiger partial charge on any atom is -0.368 e. The topological polar surface area (TPSA) is 92.5 Å². The lowest BCUT2D eigenvalue weighted by molar-refractivity contribution is 1.09. The lowest BCUT2D eigenvalue weighted by atomic mass is 10.3.